The van der Waals surface area contributed by atoms with Crippen LogP contribution >= 0.6 is 0 Å². The molecule has 1 aromatic carbocycles. The number of benzene rings is 1. The lowest BCUT2D eigenvalue weighted by Gasteiger charge is -2.34. The lowest BCUT2D eigenvalue weighted by molar-refractivity contribution is -0.131. The van der Waals surface area contributed by atoms with Crippen LogP contribution in [-0.4, -0.2) is 45.1 Å². The predicted octanol–water partition coefficient (Wildman–Crippen LogP) is 2.83. The predicted molar refractivity (Wildman–Crippen MR) is 107 cm³/mol. The lowest BCUT2D eigenvalue weighted by atomic mass is 9.79. The Kier molecular flexibility index (Phi) is 5.34. The van der Waals surface area contributed by atoms with Crippen LogP contribution in [0.3, 0.4) is 0 Å². The fourth-order valence-corrected chi connectivity index (χ4v) is 4.87. The molecular formula is C22H26F2N4O2. The molecule has 3 heterocycles. The molecule has 30 heavy (non-hydrogen) atoms. The van der Waals surface area contributed by atoms with Gasteiger partial charge in [0.25, 0.3) is 0 Å². The number of carbonyl (C=O) groups excluding carboxylic acids is 2. The fourth-order valence-electron chi connectivity index (χ4n) is 4.87. The Morgan fingerprint density at radius 2 is 1.93 bits per heavy atom. The maximum Gasteiger partial charge on any atom is 0.244 e. The van der Waals surface area contributed by atoms with E-state index in [-0.39, 0.29) is 24.3 Å². The first-order valence-electron chi connectivity index (χ1n) is 10.3. The van der Waals surface area contributed by atoms with E-state index < -0.39 is 17.2 Å². The molecule has 160 valence electrons. The van der Waals surface area contributed by atoms with Crippen molar-refractivity contribution in [3.63, 3.8) is 0 Å². The number of rotatable bonds is 3. The van der Waals surface area contributed by atoms with Crippen molar-refractivity contribution < 1.29 is 18.4 Å². The summed E-state index contributed by atoms with van der Waals surface area (Å²) in [6, 6.07) is 5.36. The van der Waals surface area contributed by atoms with E-state index in [0.29, 0.717) is 31.5 Å². The van der Waals surface area contributed by atoms with Gasteiger partial charge in [0.05, 0.1) is 11.2 Å². The van der Waals surface area contributed by atoms with Crippen LogP contribution < -0.4 is 5.32 Å². The second kappa shape index (κ2) is 7.81. The third-order valence-electron chi connectivity index (χ3n) is 6.24. The largest absolute Gasteiger partial charge is 0.348 e. The molecule has 0 unspecified atom stereocenters. The number of halogens is 2. The molecule has 6 nitrogen and oxygen atoms in total. The molecule has 2 saturated heterocycles. The Morgan fingerprint density at radius 1 is 1.20 bits per heavy atom. The van der Waals surface area contributed by atoms with Gasteiger partial charge in [0, 0.05) is 37.2 Å². The summed E-state index contributed by atoms with van der Waals surface area (Å²) in [5, 5.41) is 7.46. The summed E-state index contributed by atoms with van der Waals surface area (Å²) in [5.41, 5.74) is 1.47. The molecule has 1 aromatic heterocycles. The number of nitrogens with one attached hydrogen (secondary N) is 1. The van der Waals surface area contributed by atoms with E-state index in [4.69, 9.17) is 0 Å². The number of nitrogens with zero attached hydrogens (tertiary/aromatic N) is 3. The van der Waals surface area contributed by atoms with Crippen LogP contribution in [0.25, 0.3) is 0 Å². The molecule has 0 aliphatic carbocycles. The van der Waals surface area contributed by atoms with Gasteiger partial charge in [-0.1, -0.05) is 6.42 Å². The average Bonchev–Trinajstić information content (AvgIpc) is 3.10. The second-order valence-corrected chi connectivity index (χ2v) is 8.53. The first-order chi connectivity index (χ1) is 14.3. The van der Waals surface area contributed by atoms with Crippen LogP contribution in [-0.2, 0) is 16.1 Å². The highest BCUT2D eigenvalue weighted by Gasteiger charge is 2.50. The molecule has 2 aromatic rings. The van der Waals surface area contributed by atoms with Crippen LogP contribution in [0, 0.1) is 25.5 Å². The molecule has 8 heteroatoms. The van der Waals surface area contributed by atoms with E-state index in [0.717, 1.165) is 30.3 Å². The van der Waals surface area contributed by atoms with Gasteiger partial charge in [-0.25, -0.2) is 8.78 Å². The molecule has 1 spiro atoms. The second-order valence-electron chi connectivity index (χ2n) is 8.53. The van der Waals surface area contributed by atoms with Gasteiger partial charge >= 0.3 is 0 Å². The minimum absolute atomic E-state index is 0.0813. The van der Waals surface area contributed by atoms with Crippen LogP contribution in [0.5, 0.6) is 0 Å². The Bertz CT molecular complexity index is 969. The zero-order valence-corrected chi connectivity index (χ0v) is 17.3. The molecule has 2 aliphatic rings. The smallest absolute Gasteiger partial charge is 0.244 e. The van der Waals surface area contributed by atoms with Crippen molar-refractivity contribution in [2.24, 2.45) is 0 Å². The number of amides is 2. The third kappa shape index (κ3) is 3.95. The van der Waals surface area contributed by atoms with Gasteiger partial charge in [-0.2, -0.15) is 5.10 Å². The standard InChI is InChI=1S/C22H26F2N4O2/c1-14-7-15(2)28(26-14)12-21(30)27-11-19(16-8-17(23)10-18(24)9-16)22(13-27)6-4-3-5-20(29)25-22/h7-10,19H,3-6,11-13H2,1-2H3,(H,25,29)/t19-,22+/m0/s1. The highest BCUT2D eigenvalue weighted by atomic mass is 19.1. The number of carbonyl (C=O) groups is 2. The molecule has 1 N–H and O–H groups in total. The summed E-state index contributed by atoms with van der Waals surface area (Å²) in [7, 11) is 0. The summed E-state index contributed by atoms with van der Waals surface area (Å²) < 4.78 is 29.6. The highest BCUT2D eigenvalue weighted by molar-refractivity contribution is 5.79. The van der Waals surface area contributed by atoms with Crippen molar-refractivity contribution in [1.29, 1.82) is 0 Å². The molecule has 0 saturated carbocycles. The number of hydrogen-bond donors (Lipinski definition) is 1. The van der Waals surface area contributed by atoms with Crippen molar-refractivity contribution in [3.05, 3.63) is 52.9 Å². The SMILES string of the molecule is Cc1cc(C)n(CC(=O)N2C[C@@H](c3cc(F)cc(F)c3)[C@@]3(CCCCC(=O)N3)C2)n1. The minimum atomic E-state index is -0.724. The van der Waals surface area contributed by atoms with Gasteiger partial charge in [0.1, 0.15) is 18.2 Å². The number of aryl methyl sites for hydroxylation is 2. The van der Waals surface area contributed by atoms with E-state index in [2.05, 4.69) is 10.4 Å². The van der Waals surface area contributed by atoms with E-state index in [1.165, 1.54) is 12.1 Å². The summed E-state index contributed by atoms with van der Waals surface area (Å²) in [6.07, 6.45) is 2.65. The Balaban J connectivity index is 1.65. The zero-order valence-electron chi connectivity index (χ0n) is 17.3. The maximum atomic E-state index is 14.0. The number of hydrogen-bond acceptors (Lipinski definition) is 3. The van der Waals surface area contributed by atoms with Crippen LogP contribution in [0.4, 0.5) is 8.78 Å². The van der Waals surface area contributed by atoms with Crippen LogP contribution in [0.2, 0.25) is 0 Å². The third-order valence-corrected chi connectivity index (χ3v) is 6.24. The Morgan fingerprint density at radius 3 is 2.60 bits per heavy atom. The Labute approximate surface area is 174 Å². The molecule has 4 rings (SSSR count). The monoisotopic (exact) mass is 416 g/mol. The summed E-state index contributed by atoms with van der Waals surface area (Å²) in [4.78, 5) is 27.2. The van der Waals surface area contributed by atoms with Gasteiger partial charge in [0.15, 0.2) is 0 Å². The average molecular weight is 416 g/mol. The van der Waals surface area contributed by atoms with Crippen molar-refractivity contribution in [3.8, 4) is 0 Å². The van der Waals surface area contributed by atoms with Crippen molar-refractivity contribution in [2.45, 2.75) is 57.5 Å². The summed E-state index contributed by atoms with van der Waals surface area (Å²) in [6.45, 7) is 4.46. The molecule has 0 bridgehead atoms. The molecule has 2 fully saturated rings. The highest BCUT2D eigenvalue weighted by Crippen LogP contribution is 2.41. The van der Waals surface area contributed by atoms with Crippen LogP contribution in [0.15, 0.2) is 24.3 Å². The molecule has 0 radical (unpaired) electrons. The van der Waals surface area contributed by atoms with Gasteiger partial charge in [0.2, 0.25) is 11.8 Å². The van der Waals surface area contributed by atoms with Crippen molar-refractivity contribution in [2.75, 3.05) is 13.1 Å². The maximum absolute atomic E-state index is 14.0. The van der Waals surface area contributed by atoms with Gasteiger partial charge in [-0.05, 0) is 50.5 Å². The van der Waals surface area contributed by atoms with Crippen LogP contribution in [0.1, 0.15) is 48.6 Å². The first kappa shape index (κ1) is 20.5. The fraction of sp³-hybridized carbons (Fsp3) is 0.500. The van der Waals surface area contributed by atoms with Crippen molar-refractivity contribution >= 4 is 11.8 Å². The van der Waals surface area contributed by atoms with E-state index in [1.54, 1.807) is 9.58 Å². The molecular weight excluding hydrogens is 390 g/mol. The van der Waals surface area contributed by atoms with Gasteiger partial charge in [-0.3, -0.25) is 14.3 Å². The quantitative estimate of drug-likeness (QED) is 0.837. The Hall–Kier alpha value is -2.77. The van der Waals surface area contributed by atoms with Gasteiger partial charge in [-0.15, -0.1) is 0 Å². The van der Waals surface area contributed by atoms with E-state index in [1.807, 2.05) is 19.9 Å². The summed E-state index contributed by atoms with van der Waals surface area (Å²) >= 11 is 0. The van der Waals surface area contributed by atoms with Gasteiger partial charge < -0.3 is 10.2 Å². The zero-order chi connectivity index (χ0) is 21.5. The summed E-state index contributed by atoms with van der Waals surface area (Å²) in [5.74, 6) is -1.91. The normalized spacial score (nSPS) is 24.2. The van der Waals surface area contributed by atoms with E-state index >= 15 is 0 Å². The minimum Gasteiger partial charge on any atom is -0.348 e. The number of aromatic nitrogens is 2. The topological polar surface area (TPSA) is 67.2 Å². The van der Waals surface area contributed by atoms with Crippen molar-refractivity contribution in [1.82, 2.24) is 20.0 Å². The lowest BCUT2D eigenvalue weighted by Crippen LogP contribution is -2.53. The first-order valence-corrected chi connectivity index (χ1v) is 10.3. The number of likely N-dealkylation sites (tertiary alicyclic amines) is 1. The molecule has 2 atom stereocenters. The molecule has 2 amide bonds. The van der Waals surface area contributed by atoms with E-state index in [9.17, 15) is 18.4 Å². The molecule has 2 aliphatic heterocycles.